The molecule has 3 heterocycles. The Morgan fingerprint density at radius 2 is 1.92 bits per heavy atom. The SMILES string of the molecule is CC1CC(c2cc(-c3ccnc(Br)c3)c(-c3ccc(F)cc3)[nH]2)CCN1. The lowest BCUT2D eigenvalue weighted by atomic mass is 9.90. The van der Waals surface area contributed by atoms with Crippen LogP contribution in [0.3, 0.4) is 0 Å². The molecule has 1 aliphatic heterocycles. The zero-order valence-corrected chi connectivity index (χ0v) is 16.2. The summed E-state index contributed by atoms with van der Waals surface area (Å²) in [6.07, 6.45) is 4.03. The number of halogens is 2. The van der Waals surface area contributed by atoms with Crippen LogP contribution in [-0.4, -0.2) is 22.6 Å². The van der Waals surface area contributed by atoms with E-state index in [0.717, 1.165) is 46.4 Å². The summed E-state index contributed by atoms with van der Waals surface area (Å²) in [6.45, 7) is 3.27. The monoisotopic (exact) mass is 413 g/mol. The van der Waals surface area contributed by atoms with Gasteiger partial charge in [0.25, 0.3) is 0 Å². The minimum atomic E-state index is -0.221. The molecule has 1 aliphatic rings. The summed E-state index contributed by atoms with van der Waals surface area (Å²) in [5.74, 6) is 0.283. The van der Waals surface area contributed by atoms with E-state index in [4.69, 9.17) is 0 Å². The largest absolute Gasteiger partial charge is 0.358 e. The molecule has 0 amide bonds. The smallest absolute Gasteiger partial charge is 0.123 e. The van der Waals surface area contributed by atoms with E-state index in [9.17, 15) is 4.39 Å². The third kappa shape index (κ3) is 3.60. The molecule has 3 nitrogen and oxygen atoms in total. The Bertz CT molecular complexity index is 904. The highest BCUT2D eigenvalue weighted by molar-refractivity contribution is 9.10. The standard InChI is InChI=1S/C21H21BrFN3/c1-13-10-16(7-8-24-13)19-12-18(15-6-9-25-20(22)11-15)21(26-19)14-2-4-17(23)5-3-14/h2-6,9,11-13,16,24,26H,7-8,10H2,1H3. The fourth-order valence-electron chi connectivity index (χ4n) is 3.75. The summed E-state index contributed by atoms with van der Waals surface area (Å²) in [5, 5.41) is 3.51. The molecule has 5 heteroatoms. The van der Waals surface area contributed by atoms with Crippen molar-refractivity contribution in [3.05, 3.63) is 64.8 Å². The Balaban J connectivity index is 1.81. The Labute approximate surface area is 161 Å². The molecule has 26 heavy (non-hydrogen) atoms. The molecule has 1 saturated heterocycles. The van der Waals surface area contributed by atoms with Gasteiger partial charge in [-0.25, -0.2) is 9.37 Å². The molecule has 0 radical (unpaired) electrons. The zero-order valence-electron chi connectivity index (χ0n) is 14.6. The van der Waals surface area contributed by atoms with E-state index >= 15 is 0 Å². The number of nitrogens with one attached hydrogen (secondary N) is 2. The number of hydrogen-bond acceptors (Lipinski definition) is 2. The van der Waals surface area contributed by atoms with Crippen LogP contribution in [0.2, 0.25) is 0 Å². The number of hydrogen-bond donors (Lipinski definition) is 2. The molecular weight excluding hydrogens is 393 g/mol. The molecule has 2 unspecified atom stereocenters. The Hall–Kier alpha value is -1.98. The van der Waals surface area contributed by atoms with E-state index in [1.807, 2.05) is 24.3 Å². The second kappa shape index (κ2) is 7.33. The first kappa shape index (κ1) is 17.4. The summed E-state index contributed by atoms with van der Waals surface area (Å²) in [7, 11) is 0. The average molecular weight is 414 g/mol. The van der Waals surface area contributed by atoms with E-state index in [2.05, 4.69) is 44.2 Å². The molecule has 0 saturated carbocycles. The van der Waals surface area contributed by atoms with Crippen LogP contribution in [0.25, 0.3) is 22.4 Å². The lowest BCUT2D eigenvalue weighted by Crippen LogP contribution is -2.34. The quantitative estimate of drug-likeness (QED) is 0.556. The van der Waals surface area contributed by atoms with Gasteiger partial charge >= 0.3 is 0 Å². The van der Waals surface area contributed by atoms with E-state index in [-0.39, 0.29) is 5.82 Å². The predicted molar refractivity (Wildman–Crippen MR) is 107 cm³/mol. The number of aromatic amines is 1. The molecule has 3 aromatic rings. The van der Waals surface area contributed by atoms with Crippen LogP contribution in [-0.2, 0) is 0 Å². The van der Waals surface area contributed by atoms with Crippen LogP contribution in [0, 0.1) is 5.82 Å². The molecule has 4 rings (SSSR count). The molecule has 2 N–H and O–H groups in total. The second-order valence-corrected chi connectivity index (χ2v) is 7.78. The van der Waals surface area contributed by atoms with Gasteiger partial charge in [0.1, 0.15) is 10.4 Å². The fraction of sp³-hybridized carbons (Fsp3) is 0.286. The predicted octanol–water partition coefficient (Wildman–Crippen LogP) is 5.50. The van der Waals surface area contributed by atoms with Crippen LogP contribution in [0.4, 0.5) is 4.39 Å². The molecule has 1 fully saturated rings. The molecule has 0 bridgehead atoms. The average Bonchev–Trinajstić information content (AvgIpc) is 3.08. The van der Waals surface area contributed by atoms with E-state index < -0.39 is 0 Å². The van der Waals surface area contributed by atoms with E-state index in [1.165, 1.54) is 17.8 Å². The van der Waals surface area contributed by atoms with Crippen molar-refractivity contribution in [2.24, 2.45) is 0 Å². The van der Waals surface area contributed by atoms with Gasteiger partial charge in [0.05, 0.1) is 5.69 Å². The lowest BCUT2D eigenvalue weighted by molar-refractivity contribution is 0.377. The first-order valence-corrected chi connectivity index (χ1v) is 9.73. The van der Waals surface area contributed by atoms with E-state index in [1.54, 1.807) is 6.20 Å². The molecule has 134 valence electrons. The van der Waals surface area contributed by atoms with Crippen molar-refractivity contribution in [2.45, 2.75) is 31.7 Å². The Morgan fingerprint density at radius 1 is 1.12 bits per heavy atom. The maximum absolute atomic E-state index is 13.4. The normalized spacial score (nSPS) is 20.3. The van der Waals surface area contributed by atoms with Crippen molar-refractivity contribution in [3.8, 4) is 22.4 Å². The first-order valence-electron chi connectivity index (χ1n) is 8.94. The molecular formula is C21H21BrFN3. The van der Waals surface area contributed by atoms with Crippen molar-refractivity contribution in [1.82, 2.24) is 15.3 Å². The summed E-state index contributed by atoms with van der Waals surface area (Å²) in [4.78, 5) is 7.87. The van der Waals surface area contributed by atoms with Crippen LogP contribution in [0.1, 0.15) is 31.4 Å². The number of benzene rings is 1. The summed E-state index contributed by atoms with van der Waals surface area (Å²) in [6, 6.07) is 13.5. The lowest BCUT2D eigenvalue weighted by Gasteiger charge is -2.27. The van der Waals surface area contributed by atoms with Gasteiger partial charge < -0.3 is 10.3 Å². The van der Waals surface area contributed by atoms with Gasteiger partial charge in [-0.05, 0) is 95.8 Å². The van der Waals surface area contributed by atoms with Gasteiger partial charge in [0.15, 0.2) is 0 Å². The third-order valence-corrected chi connectivity index (χ3v) is 5.51. The van der Waals surface area contributed by atoms with Gasteiger partial charge in [-0.2, -0.15) is 0 Å². The van der Waals surface area contributed by atoms with Gasteiger partial charge in [-0.3, -0.25) is 0 Å². The van der Waals surface area contributed by atoms with Gasteiger partial charge in [0.2, 0.25) is 0 Å². The molecule has 2 aromatic heterocycles. The number of nitrogens with zero attached hydrogens (tertiary/aromatic N) is 1. The van der Waals surface area contributed by atoms with Gasteiger partial charge in [0, 0.05) is 29.4 Å². The fourth-order valence-corrected chi connectivity index (χ4v) is 4.12. The number of aromatic nitrogens is 2. The molecule has 0 spiro atoms. The van der Waals surface area contributed by atoms with Crippen molar-refractivity contribution < 1.29 is 4.39 Å². The second-order valence-electron chi connectivity index (χ2n) is 6.96. The zero-order chi connectivity index (χ0) is 18.1. The van der Waals surface area contributed by atoms with Crippen LogP contribution in [0.15, 0.2) is 53.3 Å². The minimum Gasteiger partial charge on any atom is -0.358 e. The van der Waals surface area contributed by atoms with Crippen LogP contribution in [0.5, 0.6) is 0 Å². The first-order chi connectivity index (χ1) is 12.6. The highest BCUT2D eigenvalue weighted by Crippen LogP contribution is 2.37. The molecule has 0 aliphatic carbocycles. The maximum Gasteiger partial charge on any atom is 0.123 e. The summed E-state index contributed by atoms with van der Waals surface area (Å²) >= 11 is 3.46. The van der Waals surface area contributed by atoms with Crippen molar-refractivity contribution in [3.63, 3.8) is 0 Å². The molecule has 1 aromatic carbocycles. The minimum absolute atomic E-state index is 0.221. The highest BCUT2D eigenvalue weighted by Gasteiger charge is 2.23. The van der Waals surface area contributed by atoms with E-state index in [0.29, 0.717) is 12.0 Å². The Morgan fingerprint density at radius 3 is 2.65 bits per heavy atom. The van der Waals surface area contributed by atoms with Gasteiger partial charge in [-0.15, -0.1) is 0 Å². The summed E-state index contributed by atoms with van der Waals surface area (Å²) < 4.78 is 14.2. The topological polar surface area (TPSA) is 40.7 Å². The van der Waals surface area contributed by atoms with Crippen molar-refractivity contribution in [1.29, 1.82) is 0 Å². The van der Waals surface area contributed by atoms with Crippen molar-refractivity contribution in [2.75, 3.05) is 6.54 Å². The molecule has 2 atom stereocenters. The Kier molecular flexibility index (Phi) is 4.92. The number of H-pyrrole nitrogens is 1. The number of piperidine rings is 1. The van der Waals surface area contributed by atoms with Crippen LogP contribution < -0.4 is 5.32 Å². The van der Waals surface area contributed by atoms with Crippen LogP contribution >= 0.6 is 15.9 Å². The maximum atomic E-state index is 13.4. The number of rotatable bonds is 3. The third-order valence-electron chi connectivity index (χ3n) is 5.07. The van der Waals surface area contributed by atoms with Crippen molar-refractivity contribution >= 4 is 15.9 Å². The van der Waals surface area contributed by atoms with Gasteiger partial charge in [-0.1, -0.05) is 0 Å². The summed E-state index contributed by atoms with van der Waals surface area (Å²) in [5.41, 5.74) is 5.49. The number of pyridine rings is 1. The highest BCUT2D eigenvalue weighted by atomic mass is 79.9.